The van der Waals surface area contributed by atoms with Crippen LogP contribution in [0.5, 0.6) is 0 Å². The zero-order chi connectivity index (χ0) is 28.1. The second-order valence-electron chi connectivity index (χ2n) is 8.79. The summed E-state index contributed by atoms with van der Waals surface area (Å²) in [6, 6.07) is 0.226. The molecule has 5 N–H and O–H groups in total. The van der Waals surface area contributed by atoms with Crippen molar-refractivity contribution >= 4 is 19.8 Å². The summed E-state index contributed by atoms with van der Waals surface area (Å²) >= 11 is 0. The summed E-state index contributed by atoms with van der Waals surface area (Å²) in [6.45, 7) is 4.71. The summed E-state index contributed by atoms with van der Waals surface area (Å²) in [6.07, 6.45) is 3.96. The van der Waals surface area contributed by atoms with Crippen LogP contribution in [0.2, 0.25) is 0 Å². The van der Waals surface area contributed by atoms with Crippen molar-refractivity contribution in [2.24, 2.45) is 0 Å². The molecule has 15 heteroatoms. The maximum Gasteiger partial charge on any atom is 0.472 e. The summed E-state index contributed by atoms with van der Waals surface area (Å²) in [7, 11) is -3.14. The van der Waals surface area contributed by atoms with Crippen LogP contribution in [0, 0.1) is 0 Å². The predicted octanol–water partition coefficient (Wildman–Crippen LogP) is 0.704. The van der Waals surface area contributed by atoms with E-state index in [1.54, 1.807) is 0 Å². The average Bonchev–Trinajstić information content (AvgIpc) is 3.21. The molecule has 0 aromatic rings. The van der Waals surface area contributed by atoms with Crippen molar-refractivity contribution in [2.45, 2.75) is 63.6 Å². The van der Waals surface area contributed by atoms with Crippen LogP contribution in [0.4, 0.5) is 4.79 Å². The van der Waals surface area contributed by atoms with Gasteiger partial charge in [0.2, 0.25) is 5.91 Å². The predicted molar refractivity (Wildman–Crippen MR) is 138 cm³/mol. The number of amides is 3. The zero-order valence-electron chi connectivity index (χ0n) is 22.6. The van der Waals surface area contributed by atoms with Crippen molar-refractivity contribution in [3.63, 3.8) is 0 Å². The molecule has 0 aliphatic carbocycles. The smallest absolute Gasteiger partial charge is 0.394 e. The van der Waals surface area contributed by atoms with Crippen LogP contribution in [0.3, 0.4) is 0 Å². The lowest BCUT2D eigenvalue weighted by molar-refractivity contribution is -0.121. The molecule has 4 unspecified atom stereocenters. The molecule has 0 saturated carbocycles. The van der Waals surface area contributed by atoms with Crippen molar-refractivity contribution < 1.29 is 52.1 Å². The monoisotopic (exact) mass is 571 g/mol. The Morgan fingerprint density at radius 3 is 2.18 bits per heavy atom. The molecule has 1 heterocycles. The van der Waals surface area contributed by atoms with E-state index in [0.29, 0.717) is 52.6 Å². The van der Waals surface area contributed by atoms with Crippen LogP contribution in [-0.2, 0) is 37.4 Å². The van der Waals surface area contributed by atoms with E-state index in [0.717, 1.165) is 39.2 Å². The van der Waals surface area contributed by atoms with Gasteiger partial charge in [-0.2, -0.15) is 0 Å². The summed E-state index contributed by atoms with van der Waals surface area (Å²) in [5.74, 6) is 0.0477. The molecule has 1 fully saturated rings. The van der Waals surface area contributed by atoms with Crippen LogP contribution in [-0.4, -0.2) is 113 Å². The van der Waals surface area contributed by atoms with Gasteiger partial charge < -0.3 is 44.9 Å². The minimum Gasteiger partial charge on any atom is -0.394 e. The first-order valence-corrected chi connectivity index (χ1v) is 14.6. The quantitative estimate of drug-likeness (QED) is 0.0768. The highest BCUT2D eigenvalue weighted by atomic mass is 31.2. The van der Waals surface area contributed by atoms with Gasteiger partial charge in [0, 0.05) is 32.7 Å². The van der Waals surface area contributed by atoms with Gasteiger partial charge in [-0.3, -0.25) is 13.8 Å². The van der Waals surface area contributed by atoms with E-state index in [2.05, 4.69) is 20.5 Å². The lowest BCUT2D eigenvalue weighted by Gasteiger charge is -2.17. The van der Waals surface area contributed by atoms with E-state index in [4.69, 9.17) is 28.6 Å². The molecule has 4 atom stereocenters. The first kappa shape index (κ1) is 34.7. The topological polar surface area (TPSA) is 183 Å². The highest BCUT2D eigenvalue weighted by Crippen LogP contribution is 2.43. The van der Waals surface area contributed by atoms with Gasteiger partial charge in [0.25, 0.3) is 0 Å². The van der Waals surface area contributed by atoms with Gasteiger partial charge >= 0.3 is 13.9 Å². The Morgan fingerprint density at radius 2 is 1.61 bits per heavy atom. The number of urea groups is 1. The Hall–Kier alpha value is -1.35. The third-order valence-electron chi connectivity index (χ3n) is 5.62. The molecule has 1 aliphatic rings. The Bertz CT molecular complexity index is 689. The first-order valence-electron chi connectivity index (χ1n) is 13.1. The Morgan fingerprint density at radius 1 is 0.974 bits per heavy atom. The van der Waals surface area contributed by atoms with Crippen LogP contribution in [0.25, 0.3) is 0 Å². The molecule has 224 valence electrons. The van der Waals surface area contributed by atoms with Gasteiger partial charge in [0.05, 0.1) is 58.9 Å². The number of phosphoric acid groups is 1. The lowest BCUT2D eigenvalue weighted by Crippen LogP contribution is -2.30. The van der Waals surface area contributed by atoms with Crippen molar-refractivity contribution in [3.05, 3.63) is 0 Å². The third kappa shape index (κ3) is 18.0. The van der Waals surface area contributed by atoms with Crippen molar-refractivity contribution in [1.29, 1.82) is 0 Å². The SMILES string of the molecule is COP(=O)(O)OC(CO)COCCOCCOCCOCCCNC(=O)CCCCCC1NC(=O)NC1C. The van der Waals surface area contributed by atoms with Crippen LogP contribution in [0.1, 0.15) is 45.4 Å². The number of nitrogens with one attached hydrogen (secondary N) is 3. The minimum atomic E-state index is -4.17. The largest absolute Gasteiger partial charge is 0.472 e. The standard InChI is InChI=1S/C23H46N3O11P/c1-19-21(26-23(29)25-19)7-4-3-5-8-22(28)24-9-6-10-33-11-12-34-13-14-35-15-16-36-18-20(17-27)37-38(30,31)32-2/h19-21,27H,3-18H2,1-2H3,(H,24,28)(H,30,31)(H2,25,26,29). The highest BCUT2D eigenvalue weighted by Gasteiger charge is 2.27. The number of aliphatic hydroxyl groups is 1. The molecule has 3 amide bonds. The van der Waals surface area contributed by atoms with E-state index >= 15 is 0 Å². The van der Waals surface area contributed by atoms with Gasteiger partial charge in [0.15, 0.2) is 0 Å². The van der Waals surface area contributed by atoms with Gasteiger partial charge in [-0.05, 0) is 26.2 Å². The molecule has 38 heavy (non-hydrogen) atoms. The Balaban J connectivity index is 1.80. The maximum atomic E-state index is 11.9. The average molecular weight is 572 g/mol. The van der Waals surface area contributed by atoms with Crippen LogP contribution < -0.4 is 16.0 Å². The molecule has 14 nitrogen and oxygen atoms in total. The fraction of sp³-hybridized carbons (Fsp3) is 0.913. The summed E-state index contributed by atoms with van der Waals surface area (Å²) < 4.78 is 41.8. The molecule has 0 aromatic carbocycles. The minimum absolute atomic E-state index is 0.0477. The first-order chi connectivity index (χ1) is 18.3. The highest BCUT2D eigenvalue weighted by molar-refractivity contribution is 7.47. The third-order valence-corrected chi connectivity index (χ3v) is 6.65. The van der Waals surface area contributed by atoms with Gasteiger partial charge in [-0.15, -0.1) is 0 Å². The number of carbonyl (C=O) groups excluding carboxylic acids is 2. The van der Waals surface area contributed by atoms with Crippen LogP contribution >= 0.6 is 7.82 Å². The summed E-state index contributed by atoms with van der Waals surface area (Å²) in [4.78, 5) is 32.3. The van der Waals surface area contributed by atoms with Crippen molar-refractivity contribution in [2.75, 3.05) is 73.1 Å². The van der Waals surface area contributed by atoms with Crippen LogP contribution in [0.15, 0.2) is 0 Å². The lowest BCUT2D eigenvalue weighted by atomic mass is 10.0. The molecule has 1 saturated heterocycles. The molecule has 0 radical (unpaired) electrons. The van der Waals surface area contributed by atoms with E-state index in [1.165, 1.54) is 0 Å². The molecule has 0 spiro atoms. The number of carbonyl (C=O) groups is 2. The number of aliphatic hydroxyl groups excluding tert-OH is 1. The molecule has 1 aliphatic heterocycles. The normalized spacial score (nSPS) is 19.5. The molecule has 1 rings (SSSR count). The Labute approximate surface area is 225 Å². The number of unbranched alkanes of at least 4 members (excludes halogenated alkanes) is 2. The fourth-order valence-corrected chi connectivity index (χ4v) is 4.09. The second-order valence-corrected chi connectivity index (χ2v) is 10.3. The van der Waals surface area contributed by atoms with Gasteiger partial charge in [-0.25, -0.2) is 9.36 Å². The van der Waals surface area contributed by atoms with Crippen molar-refractivity contribution in [1.82, 2.24) is 16.0 Å². The summed E-state index contributed by atoms with van der Waals surface area (Å²) in [5.41, 5.74) is 0. The molecular weight excluding hydrogens is 525 g/mol. The second kappa shape index (κ2) is 21.5. The number of rotatable bonds is 25. The zero-order valence-corrected chi connectivity index (χ0v) is 23.5. The number of hydrogen-bond acceptors (Lipinski definition) is 10. The molecular formula is C23H46N3O11P. The van der Waals surface area contributed by atoms with E-state index < -0.39 is 20.5 Å². The van der Waals surface area contributed by atoms with Gasteiger partial charge in [0.1, 0.15) is 6.10 Å². The van der Waals surface area contributed by atoms with E-state index in [-0.39, 0.29) is 37.2 Å². The summed E-state index contributed by atoms with van der Waals surface area (Å²) in [5, 5.41) is 17.7. The van der Waals surface area contributed by atoms with E-state index in [9.17, 15) is 19.0 Å². The number of hydrogen-bond donors (Lipinski definition) is 5. The number of ether oxygens (including phenoxy) is 4. The van der Waals surface area contributed by atoms with Crippen molar-refractivity contribution in [3.8, 4) is 0 Å². The number of phosphoric ester groups is 1. The molecule has 0 bridgehead atoms. The fourth-order valence-electron chi connectivity index (χ4n) is 3.50. The molecule has 0 aromatic heterocycles. The Kier molecular flexibility index (Phi) is 19.6. The van der Waals surface area contributed by atoms with E-state index in [1.807, 2.05) is 6.92 Å². The van der Waals surface area contributed by atoms with Gasteiger partial charge in [-0.1, -0.05) is 12.8 Å². The maximum absolute atomic E-state index is 11.9.